The summed E-state index contributed by atoms with van der Waals surface area (Å²) in [4.78, 5) is 31.8. The number of likely N-dealkylation sites (N-methyl/N-ethyl adjacent to an activating group) is 1. The van der Waals surface area contributed by atoms with Crippen LogP contribution in [0, 0.1) is 22.7 Å². The first-order valence-electron chi connectivity index (χ1n) is 15.2. The van der Waals surface area contributed by atoms with Gasteiger partial charge in [-0.15, -0.1) is 0 Å². The van der Waals surface area contributed by atoms with Crippen LogP contribution in [0.4, 0.5) is 0 Å². The van der Waals surface area contributed by atoms with Crippen molar-refractivity contribution in [3.05, 3.63) is 0 Å². The van der Waals surface area contributed by atoms with Crippen LogP contribution in [-0.2, 0) is 9.59 Å². The highest BCUT2D eigenvalue weighted by Crippen LogP contribution is 2.29. The van der Waals surface area contributed by atoms with Gasteiger partial charge >= 0.3 is 0 Å². The second-order valence-corrected chi connectivity index (χ2v) is 15.1. The Kier molecular flexibility index (Phi) is 16.1. The number of amides is 2. The Bertz CT molecular complexity index is 840. The molecule has 0 aliphatic heterocycles. The smallest absolute Gasteiger partial charge is 0.251 e. The molecule has 0 saturated heterocycles. The van der Waals surface area contributed by atoms with Crippen LogP contribution >= 0.6 is 0 Å². The van der Waals surface area contributed by atoms with E-state index in [4.69, 9.17) is 11.5 Å². The maximum Gasteiger partial charge on any atom is 0.251 e. The third-order valence-corrected chi connectivity index (χ3v) is 7.53. The van der Waals surface area contributed by atoms with E-state index in [1.165, 1.54) is 0 Å². The molecule has 0 saturated carbocycles. The molecule has 0 heterocycles. The van der Waals surface area contributed by atoms with Crippen LogP contribution in [0.3, 0.4) is 0 Å². The van der Waals surface area contributed by atoms with E-state index >= 15 is 0 Å². The van der Waals surface area contributed by atoms with E-state index in [1.807, 2.05) is 27.8 Å². The number of amidine groups is 1. The number of hydrogen-bond acceptors (Lipinski definition) is 7. The Morgan fingerprint density at radius 1 is 0.976 bits per heavy atom. The standard InChI is InChI=1S/C31H64N6O4/c1-20(2)15-29(6,7)18-35-28(41)26(40)24(38)13-14-25(39)36-31(10,11)17-30(8,9)19-34-27(33)22(5)37(12)16-23(32)21(3)4/h20-24,26,38,40H,13-19,32H2,1-12H3,(H2,33,34)(H,35,41)(H,36,39)/t22?,23?,24-,26+/m1/s1. The van der Waals surface area contributed by atoms with E-state index in [1.54, 1.807) is 0 Å². The van der Waals surface area contributed by atoms with Gasteiger partial charge in [-0.3, -0.25) is 19.5 Å². The van der Waals surface area contributed by atoms with Gasteiger partial charge in [-0.1, -0.05) is 55.4 Å². The Balaban J connectivity index is 4.83. The lowest BCUT2D eigenvalue weighted by Crippen LogP contribution is -2.48. The van der Waals surface area contributed by atoms with Crippen molar-refractivity contribution in [1.82, 2.24) is 15.5 Å². The molecule has 0 radical (unpaired) electrons. The number of carbonyl (C=O) groups excluding carboxylic acids is 2. The number of rotatable bonds is 19. The molecular formula is C31H64N6O4. The number of nitrogens with zero attached hydrogens (tertiary/aromatic N) is 2. The van der Waals surface area contributed by atoms with Crippen molar-refractivity contribution in [3.63, 3.8) is 0 Å². The number of aliphatic hydroxyl groups excluding tert-OH is 2. The van der Waals surface area contributed by atoms with Gasteiger partial charge in [-0.05, 0) is 69.7 Å². The van der Waals surface area contributed by atoms with Crippen LogP contribution < -0.4 is 22.1 Å². The highest BCUT2D eigenvalue weighted by Gasteiger charge is 2.32. The van der Waals surface area contributed by atoms with Gasteiger partial charge in [0.1, 0.15) is 5.84 Å². The van der Waals surface area contributed by atoms with Crippen molar-refractivity contribution in [3.8, 4) is 0 Å². The molecule has 0 spiro atoms. The van der Waals surface area contributed by atoms with Gasteiger partial charge in [0.25, 0.3) is 5.91 Å². The molecule has 10 heteroatoms. The topological polar surface area (TPSA) is 166 Å². The number of nitrogens with two attached hydrogens (primary N) is 2. The molecule has 0 aliphatic carbocycles. The zero-order valence-electron chi connectivity index (χ0n) is 28.2. The predicted octanol–water partition coefficient (Wildman–Crippen LogP) is 2.65. The van der Waals surface area contributed by atoms with E-state index < -0.39 is 23.7 Å². The summed E-state index contributed by atoms with van der Waals surface area (Å²) in [5, 5.41) is 26.4. The average Bonchev–Trinajstić information content (AvgIpc) is 2.81. The quantitative estimate of drug-likeness (QED) is 0.100. The molecule has 242 valence electrons. The van der Waals surface area contributed by atoms with Crippen LogP contribution in [-0.4, -0.2) is 89.3 Å². The fraction of sp³-hybridized carbons (Fsp3) is 0.903. The van der Waals surface area contributed by atoms with Gasteiger partial charge in [0.05, 0.1) is 12.1 Å². The number of aliphatic imine (C=N–C) groups is 1. The molecule has 2 unspecified atom stereocenters. The van der Waals surface area contributed by atoms with Gasteiger partial charge in [0.2, 0.25) is 5.91 Å². The first kappa shape index (κ1) is 39.2. The summed E-state index contributed by atoms with van der Waals surface area (Å²) in [7, 11) is 2.00. The Labute approximate surface area is 250 Å². The van der Waals surface area contributed by atoms with Crippen LogP contribution in [0.2, 0.25) is 0 Å². The van der Waals surface area contributed by atoms with E-state index in [2.05, 4.69) is 75.9 Å². The lowest BCUT2D eigenvalue weighted by atomic mass is 9.80. The maximum atomic E-state index is 12.7. The zero-order valence-corrected chi connectivity index (χ0v) is 28.2. The molecule has 0 aliphatic rings. The summed E-state index contributed by atoms with van der Waals surface area (Å²) in [6, 6.07) is 0.0169. The molecule has 0 aromatic heterocycles. The lowest BCUT2D eigenvalue weighted by molar-refractivity contribution is -0.137. The summed E-state index contributed by atoms with van der Waals surface area (Å²) in [5.41, 5.74) is 11.6. The van der Waals surface area contributed by atoms with Crippen molar-refractivity contribution in [2.45, 2.75) is 132 Å². The minimum Gasteiger partial charge on any atom is -0.390 e. The van der Waals surface area contributed by atoms with Gasteiger partial charge in [-0.25, -0.2) is 0 Å². The fourth-order valence-corrected chi connectivity index (χ4v) is 5.32. The molecule has 4 atom stereocenters. The number of nitrogens with one attached hydrogen (secondary N) is 2. The predicted molar refractivity (Wildman–Crippen MR) is 170 cm³/mol. The average molecular weight is 585 g/mol. The van der Waals surface area contributed by atoms with Gasteiger partial charge < -0.3 is 32.3 Å². The molecule has 10 nitrogen and oxygen atoms in total. The number of carbonyl (C=O) groups is 2. The van der Waals surface area contributed by atoms with Crippen molar-refractivity contribution >= 4 is 17.6 Å². The number of hydrogen-bond donors (Lipinski definition) is 6. The second kappa shape index (κ2) is 16.8. The van der Waals surface area contributed by atoms with E-state index in [0.29, 0.717) is 37.2 Å². The molecule has 0 rings (SSSR count). The maximum absolute atomic E-state index is 12.7. The molecule has 41 heavy (non-hydrogen) atoms. The fourth-order valence-electron chi connectivity index (χ4n) is 5.32. The third-order valence-electron chi connectivity index (χ3n) is 7.53. The van der Waals surface area contributed by atoms with E-state index in [9.17, 15) is 19.8 Å². The zero-order chi connectivity index (χ0) is 32.3. The van der Waals surface area contributed by atoms with E-state index in [-0.39, 0.29) is 41.7 Å². The van der Waals surface area contributed by atoms with Crippen LogP contribution in [0.25, 0.3) is 0 Å². The Hall–Kier alpha value is -1.75. The minimum absolute atomic E-state index is 0.0122. The van der Waals surface area contributed by atoms with E-state index in [0.717, 1.165) is 13.0 Å². The number of aliphatic hydroxyl groups is 2. The molecule has 0 aromatic carbocycles. The minimum atomic E-state index is -1.59. The monoisotopic (exact) mass is 584 g/mol. The summed E-state index contributed by atoms with van der Waals surface area (Å²) in [5.74, 6) is 0.532. The van der Waals surface area contributed by atoms with Gasteiger partial charge in [0, 0.05) is 37.6 Å². The summed E-state index contributed by atoms with van der Waals surface area (Å²) < 4.78 is 0. The van der Waals surface area contributed by atoms with Gasteiger partial charge in [0.15, 0.2) is 6.10 Å². The molecule has 8 N–H and O–H groups in total. The van der Waals surface area contributed by atoms with Crippen LogP contribution in [0.5, 0.6) is 0 Å². The summed E-state index contributed by atoms with van der Waals surface area (Å²) in [6.45, 7) is 24.2. The molecular weight excluding hydrogens is 520 g/mol. The molecule has 0 fully saturated rings. The Morgan fingerprint density at radius 3 is 2.05 bits per heavy atom. The lowest BCUT2D eigenvalue weighted by Gasteiger charge is -2.35. The summed E-state index contributed by atoms with van der Waals surface area (Å²) in [6.07, 6.45) is -1.40. The SMILES string of the molecule is CC(C)CC(C)(C)CNC(=O)[C@@H](O)[C@H](O)CCC(=O)NC(C)(C)CC(C)(C)CN=C(N)C(C)N(C)CC(N)C(C)C. The van der Waals surface area contributed by atoms with Crippen molar-refractivity contribution in [2.24, 2.45) is 39.1 Å². The molecule has 0 aromatic rings. The molecule has 2 amide bonds. The van der Waals surface area contributed by atoms with Crippen molar-refractivity contribution in [2.75, 3.05) is 26.7 Å². The Morgan fingerprint density at radius 2 is 1.54 bits per heavy atom. The van der Waals surface area contributed by atoms with Crippen molar-refractivity contribution < 1.29 is 19.8 Å². The second-order valence-electron chi connectivity index (χ2n) is 15.1. The normalized spacial score (nSPS) is 16.6. The first-order valence-corrected chi connectivity index (χ1v) is 15.2. The third kappa shape index (κ3) is 16.5. The van der Waals surface area contributed by atoms with Crippen molar-refractivity contribution in [1.29, 1.82) is 0 Å². The highest BCUT2D eigenvalue weighted by molar-refractivity contribution is 5.85. The largest absolute Gasteiger partial charge is 0.390 e. The molecule has 0 bridgehead atoms. The van der Waals surface area contributed by atoms with Crippen LogP contribution in [0.15, 0.2) is 4.99 Å². The summed E-state index contributed by atoms with van der Waals surface area (Å²) >= 11 is 0. The van der Waals surface area contributed by atoms with Crippen LogP contribution in [0.1, 0.15) is 102 Å². The highest BCUT2D eigenvalue weighted by atomic mass is 16.3. The van der Waals surface area contributed by atoms with Gasteiger partial charge in [-0.2, -0.15) is 0 Å². The first-order chi connectivity index (χ1) is 18.5.